The number of hydrogen-bond donors (Lipinski definition) is 2. The number of anilines is 2. The highest BCUT2D eigenvalue weighted by Gasteiger charge is 2.27. The SMILES string of the molecule is Cc1ccc(CCC(=O)Nc2cc(S(=O)(=O)N3CCOCC3)ccc2NCC2CCCO2)cc1. The van der Waals surface area contributed by atoms with E-state index in [1.807, 2.05) is 31.2 Å². The van der Waals surface area contributed by atoms with Gasteiger partial charge >= 0.3 is 0 Å². The largest absolute Gasteiger partial charge is 0.381 e. The van der Waals surface area contributed by atoms with Crippen molar-refractivity contribution in [2.75, 3.05) is 50.1 Å². The van der Waals surface area contributed by atoms with Gasteiger partial charge in [-0.05, 0) is 49.9 Å². The lowest BCUT2D eigenvalue weighted by molar-refractivity contribution is -0.116. The van der Waals surface area contributed by atoms with Crippen molar-refractivity contribution in [3.05, 3.63) is 53.6 Å². The zero-order valence-corrected chi connectivity index (χ0v) is 20.4. The number of hydrogen-bond acceptors (Lipinski definition) is 6. The Morgan fingerprint density at radius 1 is 1.06 bits per heavy atom. The van der Waals surface area contributed by atoms with Gasteiger partial charge in [-0.25, -0.2) is 8.42 Å². The van der Waals surface area contributed by atoms with Crippen molar-refractivity contribution >= 4 is 27.3 Å². The van der Waals surface area contributed by atoms with E-state index < -0.39 is 10.0 Å². The van der Waals surface area contributed by atoms with Crippen molar-refractivity contribution in [1.29, 1.82) is 0 Å². The maximum atomic E-state index is 13.2. The minimum absolute atomic E-state index is 0.113. The molecule has 0 aromatic heterocycles. The summed E-state index contributed by atoms with van der Waals surface area (Å²) in [6.07, 6.45) is 3.04. The molecule has 0 saturated carbocycles. The average molecular weight is 488 g/mol. The average Bonchev–Trinajstić information content (AvgIpc) is 3.37. The Kier molecular flexibility index (Phi) is 8.20. The Morgan fingerprint density at radius 3 is 2.53 bits per heavy atom. The second kappa shape index (κ2) is 11.3. The second-order valence-corrected chi connectivity index (χ2v) is 10.7. The van der Waals surface area contributed by atoms with Gasteiger partial charge in [0.2, 0.25) is 15.9 Å². The molecule has 2 N–H and O–H groups in total. The van der Waals surface area contributed by atoms with Crippen LogP contribution in [0, 0.1) is 6.92 Å². The molecule has 1 atom stereocenters. The molecule has 0 bridgehead atoms. The van der Waals surface area contributed by atoms with E-state index in [1.165, 1.54) is 9.87 Å². The minimum atomic E-state index is -3.68. The maximum absolute atomic E-state index is 13.2. The van der Waals surface area contributed by atoms with Gasteiger partial charge < -0.3 is 20.1 Å². The molecule has 2 aromatic carbocycles. The molecule has 34 heavy (non-hydrogen) atoms. The van der Waals surface area contributed by atoms with Crippen LogP contribution in [0.15, 0.2) is 47.4 Å². The number of amides is 1. The van der Waals surface area contributed by atoms with Gasteiger partial charge in [-0.15, -0.1) is 0 Å². The summed E-state index contributed by atoms with van der Waals surface area (Å²) in [6, 6.07) is 13.0. The minimum Gasteiger partial charge on any atom is -0.381 e. The number of ether oxygens (including phenoxy) is 2. The molecule has 2 aliphatic rings. The lowest BCUT2D eigenvalue weighted by Crippen LogP contribution is -2.40. The molecule has 4 rings (SSSR count). The lowest BCUT2D eigenvalue weighted by atomic mass is 10.1. The molecule has 1 amide bonds. The first-order valence-electron chi connectivity index (χ1n) is 11.8. The predicted octanol–water partition coefficient (Wildman–Crippen LogP) is 3.18. The first kappa shape index (κ1) is 24.7. The van der Waals surface area contributed by atoms with Crippen LogP contribution in [0.2, 0.25) is 0 Å². The van der Waals surface area contributed by atoms with Crippen molar-refractivity contribution < 1.29 is 22.7 Å². The highest BCUT2D eigenvalue weighted by atomic mass is 32.2. The fourth-order valence-corrected chi connectivity index (χ4v) is 5.57. The molecule has 2 aliphatic heterocycles. The van der Waals surface area contributed by atoms with Crippen LogP contribution in [-0.4, -0.2) is 64.2 Å². The number of nitrogens with zero attached hydrogens (tertiary/aromatic N) is 1. The van der Waals surface area contributed by atoms with E-state index in [9.17, 15) is 13.2 Å². The molecular formula is C25H33N3O5S. The van der Waals surface area contributed by atoms with Crippen molar-refractivity contribution in [3.63, 3.8) is 0 Å². The number of rotatable bonds is 9. The van der Waals surface area contributed by atoms with E-state index in [2.05, 4.69) is 10.6 Å². The predicted molar refractivity (Wildman–Crippen MR) is 132 cm³/mol. The van der Waals surface area contributed by atoms with Gasteiger partial charge in [0.1, 0.15) is 0 Å². The molecule has 2 aromatic rings. The summed E-state index contributed by atoms with van der Waals surface area (Å²) in [4.78, 5) is 12.9. The fraction of sp³-hybridized carbons (Fsp3) is 0.480. The van der Waals surface area contributed by atoms with Crippen molar-refractivity contribution in [2.45, 2.75) is 43.6 Å². The Balaban J connectivity index is 1.50. The van der Waals surface area contributed by atoms with E-state index in [-0.39, 0.29) is 16.9 Å². The Bertz CT molecular complexity index is 1080. The summed E-state index contributed by atoms with van der Waals surface area (Å²) in [5.74, 6) is -0.165. The zero-order valence-electron chi connectivity index (χ0n) is 19.6. The van der Waals surface area contributed by atoms with Gasteiger partial charge in [0, 0.05) is 32.7 Å². The fourth-order valence-electron chi connectivity index (χ4n) is 4.13. The van der Waals surface area contributed by atoms with E-state index in [0.717, 1.165) is 25.0 Å². The summed E-state index contributed by atoms with van der Waals surface area (Å²) in [5.41, 5.74) is 3.40. The van der Waals surface area contributed by atoms with E-state index in [4.69, 9.17) is 9.47 Å². The monoisotopic (exact) mass is 487 g/mol. The zero-order chi connectivity index (χ0) is 24.0. The molecular weight excluding hydrogens is 454 g/mol. The Hall–Kier alpha value is -2.46. The highest BCUT2D eigenvalue weighted by Crippen LogP contribution is 2.28. The normalized spacial score (nSPS) is 19.1. The molecule has 2 fully saturated rings. The maximum Gasteiger partial charge on any atom is 0.243 e. The quantitative estimate of drug-likeness (QED) is 0.564. The number of nitrogens with one attached hydrogen (secondary N) is 2. The molecule has 2 saturated heterocycles. The molecule has 0 aliphatic carbocycles. The molecule has 1 unspecified atom stereocenters. The van der Waals surface area contributed by atoms with Gasteiger partial charge in [0.15, 0.2) is 0 Å². The molecule has 9 heteroatoms. The second-order valence-electron chi connectivity index (χ2n) is 8.77. The van der Waals surface area contributed by atoms with Gasteiger partial charge in [-0.3, -0.25) is 4.79 Å². The Labute approximate surface area is 201 Å². The van der Waals surface area contributed by atoms with Crippen molar-refractivity contribution in [2.24, 2.45) is 0 Å². The third-order valence-electron chi connectivity index (χ3n) is 6.18. The number of sulfonamides is 1. The summed E-state index contributed by atoms with van der Waals surface area (Å²) >= 11 is 0. The van der Waals surface area contributed by atoms with Crippen LogP contribution in [0.3, 0.4) is 0 Å². The molecule has 184 valence electrons. The molecule has 0 radical (unpaired) electrons. The van der Waals surface area contributed by atoms with Crippen LogP contribution in [0.1, 0.15) is 30.4 Å². The van der Waals surface area contributed by atoms with E-state index in [1.54, 1.807) is 18.2 Å². The summed E-state index contributed by atoms with van der Waals surface area (Å²) in [6.45, 7) is 4.78. The number of aryl methyl sites for hydroxylation is 2. The third kappa shape index (κ3) is 6.35. The van der Waals surface area contributed by atoms with Gasteiger partial charge in [-0.2, -0.15) is 4.31 Å². The van der Waals surface area contributed by atoms with E-state index >= 15 is 0 Å². The first-order valence-corrected chi connectivity index (χ1v) is 13.3. The summed E-state index contributed by atoms with van der Waals surface area (Å²) in [5, 5.41) is 6.26. The van der Waals surface area contributed by atoms with Gasteiger partial charge in [-0.1, -0.05) is 29.8 Å². The molecule has 0 spiro atoms. The third-order valence-corrected chi connectivity index (χ3v) is 8.07. The van der Waals surface area contributed by atoms with Crippen LogP contribution < -0.4 is 10.6 Å². The topological polar surface area (TPSA) is 97.0 Å². The smallest absolute Gasteiger partial charge is 0.243 e. The van der Waals surface area contributed by atoms with Crippen LogP contribution in [-0.2, 0) is 30.7 Å². The number of carbonyl (C=O) groups is 1. The van der Waals surface area contributed by atoms with Gasteiger partial charge in [0.05, 0.1) is 35.6 Å². The van der Waals surface area contributed by atoms with Crippen molar-refractivity contribution in [3.8, 4) is 0 Å². The standard InChI is InChI=1S/C25H33N3O5S/c1-19-4-6-20(7-5-19)8-11-25(29)27-24-17-22(34(30,31)28-12-15-32-16-13-28)9-10-23(24)26-18-21-3-2-14-33-21/h4-7,9-10,17,21,26H,2-3,8,11-16,18H2,1H3,(H,27,29). The van der Waals surface area contributed by atoms with Gasteiger partial charge in [0.25, 0.3) is 0 Å². The number of carbonyl (C=O) groups excluding carboxylic acids is 1. The van der Waals surface area contributed by atoms with Crippen LogP contribution in [0.4, 0.5) is 11.4 Å². The lowest BCUT2D eigenvalue weighted by Gasteiger charge is -2.26. The summed E-state index contributed by atoms with van der Waals surface area (Å²) in [7, 11) is -3.68. The first-order chi connectivity index (χ1) is 16.4. The highest BCUT2D eigenvalue weighted by molar-refractivity contribution is 7.89. The van der Waals surface area contributed by atoms with Crippen LogP contribution in [0.5, 0.6) is 0 Å². The van der Waals surface area contributed by atoms with Crippen LogP contribution in [0.25, 0.3) is 0 Å². The molecule has 2 heterocycles. The Morgan fingerprint density at radius 2 is 1.82 bits per heavy atom. The van der Waals surface area contributed by atoms with E-state index in [0.29, 0.717) is 57.1 Å². The van der Waals surface area contributed by atoms with Crippen LogP contribution >= 0.6 is 0 Å². The number of morpholine rings is 1. The summed E-state index contributed by atoms with van der Waals surface area (Å²) < 4.78 is 38.7. The van der Waals surface area contributed by atoms with Crippen molar-refractivity contribution in [1.82, 2.24) is 4.31 Å². The molecule has 8 nitrogen and oxygen atoms in total. The number of benzene rings is 2.